The van der Waals surface area contributed by atoms with Crippen LogP contribution in [0.1, 0.15) is 32.6 Å². The Hall–Kier alpha value is -0.610. The molecule has 0 aromatic rings. The first kappa shape index (κ1) is 11.5. The highest BCUT2D eigenvalue weighted by Crippen LogP contribution is 2.20. The first-order chi connectivity index (χ1) is 6.72. The fourth-order valence-corrected chi connectivity index (χ4v) is 1.73. The zero-order valence-electron chi connectivity index (χ0n) is 8.79. The summed E-state index contributed by atoms with van der Waals surface area (Å²) < 4.78 is 5.55. The maximum Gasteiger partial charge on any atom is 0.222 e. The Morgan fingerprint density at radius 3 is 2.93 bits per heavy atom. The summed E-state index contributed by atoms with van der Waals surface area (Å²) in [6, 6.07) is 0.296. The van der Waals surface area contributed by atoms with Crippen molar-refractivity contribution in [3.8, 4) is 0 Å². The van der Waals surface area contributed by atoms with Crippen molar-refractivity contribution in [1.29, 1.82) is 0 Å². The Balaban J connectivity index is 2.01. The van der Waals surface area contributed by atoms with Crippen LogP contribution >= 0.6 is 0 Å². The third-order valence-corrected chi connectivity index (χ3v) is 2.48. The fourth-order valence-electron chi connectivity index (χ4n) is 1.73. The van der Waals surface area contributed by atoms with Crippen molar-refractivity contribution in [3.63, 3.8) is 0 Å². The lowest BCUT2D eigenvalue weighted by molar-refractivity contribution is -0.122. The zero-order chi connectivity index (χ0) is 10.4. The Labute approximate surface area is 85.2 Å². The maximum atomic E-state index is 11.1. The van der Waals surface area contributed by atoms with Crippen LogP contribution in [0.4, 0.5) is 0 Å². The Kier molecular flexibility index (Phi) is 4.90. The average Bonchev–Trinajstić information content (AvgIpc) is 2.52. The molecule has 82 valence electrons. The lowest BCUT2D eigenvalue weighted by atomic mass is 10.3. The number of hydrogen-bond donors (Lipinski definition) is 2. The van der Waals surface area contributed by atoms with Crippen molar-refractivity contribution in [2.45, 2.75) is 44.8 Å². The van der Waals surface area contributed by atoms with E-state index in [0.717, 1.165) is 19.3 Å². The number of nitrogens with two attached hydrogens (primary N) is 1. The van der Waals surface area contributed by atoms with Crippen LogP contribution in [0.3, 0.4) is 0 Å². The summed E-state index contributed by atoms with van der Waals surface area (Å²) in [4.78, 5) is 11.1. The van der Waals surface area contributed by atoms with E-state index in [1.165, 1.54) is 0 Å². The van der Waals surface area contributed by atoms with Crippen molar-refractivity contribution < 1.29 is 9.53 Å². The van der Waals surface area contributed by atoms with E-state index in [1.807, 2.05) is 6.92 Å². The highest BCUT2D eigenvalue weighted by molar-refractivity contribution is 5.75. The van der Waals surface area contributed by atoms with E-state index < -0.39 is 0 Å². The normalized spacial score (nSPS) is 26.4. The molecule has 1 aliphatic rings. The molecule has 2 unspecified atom stereocenters. The fraction of sp³-hybridized carbons (Fsp3) is 0.900. The molecule has 14 heavy (non-hydrogen) atoms. The largest absolute Gasteiger partial charge is 0.378 e. The molecule has 0 aromatic heterocycles. The molecule has 0 spiro atoms. The van der Waals surface area contributed by atoms with Crippen molar-refractivity contribution in [2.75, 3.05) is 13.2 Å². The molecular weight excluding hydrogens is 180 g/mol. The van der Waals surface area contributed by atoms with E-state index in [1.54, 1.807) is 0 Å². The van der Waals surface area contributed by atoms with Crippen molar-refractivity contribution >= 4 is 5.91 Å². The third kappa shape index (κ3) is 4.07. The lowest BCUT2D eigenvalue weighted by Gasteiger charge is -2.10. The molecule has 0 aliphatic heterocycles. The van der Waals surface area contributed by atoms with Gasteiger partial charge in [0.25, 0.3) is 0 Å². The minimum Gasteiger partial charge on any atom is -0.378 e. The van der Waals surface area contributed by atoms with Crippen LogP contribution in [-0.4, -0.2) is 31.2 Å². The first-order valence-corrected chi connectivity index (χ1v) is 5.36. The van der Waals surface area contributed by atoms with Crippen LogP contribution < -0.4 is 11.1 Å². The number of amides is 1. The molecule has 0 heterocycles. The summed E-state index contributed by atoms with van der Waals surface area (Å²) in [6.07, 6.45) is 3.76. The molecule has 1 fully saturated rings. The highest BCUT2D eigenvalue weighted by atomic mass is 16.5. The quantitative estimate of drug-likeness (QED) is 0.675. The Morgan fingerprint density at radius 1 is 1.57 bits per heavy atom. The molecule has 4 heteroatoms. The molecule has 1 amide bonds. The lowest BCUT2D eigenvalue weighted by Crippen LogP contribution is -2.25. The number of carbonyl (C=O) groups excluding carboxylic acids is 1. The molecule has 0 bridgehead atoms. The van der Waals surface area contributed by atoms with Gasteiger partial charge in [-0.3, -0.25) is 4.79 Å². The molecule has 2 atom stereocenters. The van der Waals surface area contributed by atoms with E-state index in [2.05, 4.69) is 5.32 Å². The van der Waals surface area contributed by atoms with Gasteiger partial charge in [0, 0.05) is 19.0 Å². The van der Waals surface area contributed by atoms with E-state index in [-0.39, 0.29) is 12.0 Å². The van der Waals surface area contributed by atoms with Gasteiger partial charge in [-0.25, -0.2) is 0 Å². The topological polar surface area (TPSA) is 64.3 Å². The van der Waals surface area contributed by atoms with Crippen molar-refractivity contribution in [1.82, 2.24) is 5.32 Å². The van der Waals surface area contributed by atoms with E-state index in [4.69, 9.17) is 10.5 Å². The number of rotatable bonds is 5. The second-order valence-electron chi connectivity index (χ2n) is 3.77. The van der Waals surface area contributed by atoms with Crippen LogP contribution in [0.2, 0.25) is 0 Å². The summed E-state index contributed by atoms with van der Waals surface area (Å²) in [5, 5.41) is 2.74. The van der Waals surface area contributed by atoms with Gasteiger partial charge in [0.2, 0.25) is 5.91 Å². The molecule has 0 saturated heterocycles. The first-order valence-electron chi connectivity index (χ1n) is 5.36. The zero-order valence-corrected chi connectivity index (χ0v) is 8.79. The average molecular weight is 200 g/mol. The second-order valence-corrected chi connectivity index (χ2v) is 3.77. The molecule has 0 radical (unpaired) electrons. The van der Waals surface area contributed by atoms with Crippen LogP contribution in [0.5, 0.6) is 0 Å². The highest BCUT2D eigenvalue weighted by Gasteiger charge is 2.21. The molecule has 1 saturated carbocycles. The Bertz CT molecular complexity index is 185. The standard InChI is InChI=1S/C10H20N2O2/c1-2-12-10(13)5-6-14-9-4-3-8(11)7-9/h8-9H,2-7,11H2,1H3,(H,12,13). The molecular formula is C10H20N2O2. The molecule has 1 aliphatic carbocycles. The van der Waals surface area contributed by atoms with Crippen LogP contribution in [0.15, 0.2) is 0 Å². The summed E-state index contributed by atoms with van der Waals surface area (Å²) in [5.41, 5.74) is 5.75. The molecule has 0 aromatic carbocycles. The van der Waals surface area contributed by atoms with Crippen molar-refractivity contribution in [3.05, 3.63) is 0 Å². The number of hydrogen-bond acceptors (Lipinski definition) is 3. The summed E-state index contributed by atoms with van der Waals surface area (Å²) in [5.74, 6) is 0.0646. The second kappa shape index (κ2) is 5.98. The van der Waals surface area contributed by atoms with Gasteiger partial charge >= 0.3 is 0 Å². The predicted molar refractivity (Wildman–Crippen MR) is 54.9 cm³/mol. The van der Waals surface area contributed by atoms with Crippen LogP contribution in [0, 0.1) is 0 Å². The third-order valence-electron chi connectivity index (χ3n) is 2.48. The van der Waals surface area contributed by atoms with Gasteiger partial charge in [0.15, 0.2) is 0 Å². The van der Waals surface area contributed by atoms with Gasteiger partial charge in [-0.1, -0.05) is 0 Å². The SMILES string of the molecule is CCNC(=O)CCOC1CCC(N)C1. The smallest absolute Gasteiger partial charge is 0.222 e. The molecule has 1 rings (SSSR count). The number of ether oxygens (including phenoxy) is 1. The monoisotopic (exact) mass is 200 g/mol. The summed E-state index contributed by atoms with van der Waals surface area (Å²) in [6.45, 7) is 3.12. The van der Waals surface area contributed by atoms with Gasteiger partial charge in [0.05, 0.1) is 12.7 Å². The van der Waals surface area contributed by atoms with Crippen LogP contribution in [-0.2, 0) is 9.53 Å². The molecule has 3 N–H and O–H groups in total. The van der Waals surface area contributed by atoms with E-state index in [0.29, 0.717) is 25.6 Å². The van der Waals surface area contributed by atoms with Gasteiger partial charge in [-0.15, -0.1) is 0 Å². The van der Waals surface area contributed by atoms with Gasteiger partial charge in [-0.05, 0) is 26.2 Å². The summed E-state index contributed by atoms with van der Waals surface area (Å²) >= 11 is 0. The van der Waals surface area contributed by atoms with E-state index in [9.17, 15) is 4.79 Å². The minimum atomic E-state index is 0.0646. The minimum absolute atomic E-state index is 0.0646. The van der Waals surface area contributed by atoms with Gasteiger partial charge in [-0.2, -0.15) is 0 Å². The predicted octanol–water partition coefficient (Wildman–Crippen LogP) is 0.409. The summed E-state index contributed by atoms with van der Waals surface area (Å²) in [7, 11) is 0. The molecule has 4 nitrogen and oxygen atoms in total. The van der Waals surface area contributed by atoms with Crippen LogP contribution in [0.25, 0.3) is 0 Å². The number of nitrogens with one attached hydrogen (secondary N) is 1. The Morgan fingerprint density at radius 2 is 2.36 bits per heavy atom. The van der Waals surface area contributed by atoms with Gasteiger partial charge < -0.3 is 15.8 Å². The maximum absolute atomic E-state index is 11.1. The van der Waals surface area contributed by atoms with Crippen molar-refractivity contribution in [2.24, 2.45) is 5.73 Å². The van der Waals surface area contributed by atoms with Gasteiger partial charge in [0.1, 0.15) is 0 Å². The van der Waals surface area contributed by atoms with E-state index >= 15 is 0 Å². The number of carbonyl (C=O) groups is 1.